The summed E-state index contributed by atoms with van der Waals surface area (Å²) in [6, 6.07) is 23.8. The van der Waals surface area contributed by atoms with E-state index in [0.717, 1.165) is 33.9 Å². The second-order valence-corrected chi connectivity index (χ2v) is 6.85. The van der Waals surface area contributed by atoms with Crippen molar-refractivity contribution in [1.29, 1.82) is 0 Å². The quantitative estimate of drug-likeness (QED) is 0.393. The highest BCUT2D eigenvalue weighted by Gasteiger charge is 2.42. The summed E-state index contributed by atoms with van der Waals surface area (Å²) in [6.07, 6.45) is 0.598. The van der Waals surface area contributed by atoms with Gasteiger partial charge >= 0.3 is 0 Å². The Hall–Kier alpha value is -3.02. The summed E-state index contributed by atoms with van der Waals surface area (Å²) in [4.78, 5) is 0. The van der Waals surface area contributed by atoms with E-state index in [0.29, 0.717) is 13.0 Å². The fourth-order valence-electron chi connectivity index (χ4n) is 3.94. The Morgan fingerprint density at radius 3 is 1.37 bits per heavy atom. The van der Waals surface area contributed by atoms with Gasteiger partial charge in [-0.3, -0.25) is 5.32 Å². The van der Waals surface area contributed by atoms with Gasteiger partial charge in [0.05, 0.1) is 21.3 Å². The Morgan fingerprint density at radius 1 is 0.667 bits per heavy atom. The largest absolute Gasteiger partial charge is 0.496 e. The molecule has 30 heavy (non-hydrogen) atoms. The van der Waals surface area contributed by atoms with Crippen molar-refractivity contribution in [2.45, 2.75) is 12.0 Å². The molecule has 158 valence electrons. The van der Waals surface area contributed by atoms with Crippen LogP contribution < -0.4 is 19.5 Å². The van der Waals surface area contributed by atoms with E-state index in [1.165, 1.54) is 0 Å². The number of benzene rings is 3. The number of para-hydroxylation sites is 3. The highest BCUT2D eigenvalue weighted by Crippen LogP contribution is 2.47. The van der Waals surface area contributed by atoms with Crippen LogP contribution in [0.2, 0.25) is 0 Å². The van der Waals surface area contributed by atoms with Crippen LogP contribution in [0.4, 0.5) is 0 Å². The van der Waals surface area contributed by atoms with Crippen LogP contribution in [0.15, 0.2) is 72.8 Å². The number of rotatable bonds is 10. The molecular formula is C25H29NO4. The molecule has 2 N–H and O–H groups in total. The van der Waals surface area contributed by atoms with Crippen molar-refractivity contribution in [2.24, 2.45) is 0 Å². The molecule has 3 aromatic carbocycles. The molecule has 0 aliphatic heterocycles. The summed E-state index contributed by atoms with van der Waals surface area (Å²) in [5, 5.41) is 13.2. The van der Waals surface area contributed by atoms with Crippen LogP contribution in [0.5, 0.6) is 17.2 Å². The maximum absolute atomic E-state index is 9.46. The lowest BCUT2D eigenvalue weighted by Crippen LogP contribution is -2.46. The van der Waals surface area contributed by atoms with E-state index in [4.69, 9.17) is 14.2 Å². The summed E-state index contributed by atoms with van der Waals surface area (Å²) in [6.45, 7) is 0.664. The Kier molecular flexibility index (Phi) is 7.33. The lowest BCUT2D eigenvalue weighted by Gasteiger charge is -2.39. The predicted octanol–water partition coefficient (Wildman–Crippen LogP) is 3.98. The first-order valence-electron chi connectivity index (χ1n) is 9.99. The van der Waals surface area contributed by atoms with Crippen molar-refractivity contribution in [3.63, 3.8) is 0 Å². The van der Waals surface area contributed by atoms with Crippen LogP contribution in [0.3, 0.4) is 0 Å². The molecule has 3 rings (SSSR count). The van der Waals surface area contributed by atoms with Gasteiger partial charge in [0.1, 0.15) is 22.8 Å². The van der Waals surface area contributed by atoms with Crippen molar-refractivity contribution in [2.75, 3.05) is 34.5 Å². The van der Waals surface area contributed by atoms with Crippen molar-refractivity contribution in [1.82, 2.24) is 5.32 Å². The molecule has 0 aromatic heterocycles. The van der Waals surface area contributed by atoms with E-state index in [2.05, 4.69) is 5.32 Å². The number of methoxy groups -OCH3 is 3. The molecule has 0 bridgehead atoms. The van der Waals surface area contributed by atoms with Crippen LogP contribution in [0.25, 0.3) is 0 Å². The summed E-state index contributed by atoms with van der Waals surface area (Å²) >= 11 is 0. The highest BCUT2D eigenvalue weighted by atomic mass is 16.5. The smallest absolute Gasteiger partial charge is 0.124 e. The van der Waals surface area contributed by atoms with E-state index < -0.39 is 5.54 Å². The van der Waals surface area contributed by atoms with Gasteiger partial charge in [-0.1, -0.05) is 54.6 Å². The molecule has 0 heterocycles. The van der Waals surface area contributed by atoms with Crippen molar-refractivity contribution in [3.05, 3.63) is 89.5 Å². The maximum atomic E-state index is 9.46. The fourth-order valence-corrected chi connectivity index (χ4v) is 3.94. The second kappa shape index (κ2) is 10.1. The standard InChI is InChI=1S/C25H29NO4/c1-28-22-14-7-4-11-19(22)25(26-17-10-18-27,20-12-5-8-15-23(20)29-2)21-13-6-9-16-24(21)30-3/h4-9,11-16,26-27H,10,17-18H2,1-3H3. The summed E-state index contributed by atoms with van der Waals surface area (Å²) < 4.78 is 17.3. The Labute approximate surface area is 178 Å². The van der Waals surface area contributed by atoms with Gasteiger partial charge in [-0.15, -0.1) is 0 Å². The SMILES string of the molecule is COc1ccccc1C(NCCCO)(c1ccccc1OC)c1ccccc1OC. The number of hydrogen-bond acceptors (Lipinski definition) is 5. The van der Waals surface area contributed by atoms with Gasteiger partial charge in [-0.2, -0.15) is 0 Å². The van der Waals surface area contributed by atoms with Gasteiger partial charge in [-0.05, 0) is 31.2 Å². The fraction of sp³-hybridized carbons (Fsp3) is 0.280. The molecule has 0 saturated heterocycles. The summed E-state index contributed by atoms with van der Waals surface area (Å²) in [5.74, 6) is 2.22. The topological polar surface area (TPSA) is 60.0 Å². The third-order valence-electron chi connectivity index (χ3n) is 5.26. The highest BCUT2D eigenvalue weighted by molar-refractivity contribution is 5.61. The first kappa shape index (κ1) is 21.7. The van der Waals surface area contributed by atoms with Crippen LogP contribution in [0, 0.1) is 0 Å². The van der Waals surface area contributed by atoms with Crippen LogP contribution in [0.1, 0.15) is 23.1 Å². The number of aliphatic hydroxyl groups is 1. The molecule has 0 aliphatic carbocycles. The minimum absolute atomic E-state index is 0.0901. The van der Waals surface area contributed by atoms with Crippen LogP contribution >= 0.6 is 0 Å². The molecular weight excluding hydrogens is 378 g/mol. The number of nitrogens with one attached hydrogen (secondary N) is 1. The number of hydrogen-bond donors (Lipinski definition) is 2. The third-order valence-corrected chi connectivity index (χ3v) is 5.26. The lowest BCUT2D eigenvalue weighted by atomic mass is 9.75. The van der Waals surface area contributed by atoms with E-state index in [9.17, 15) is 5.11 Å². The summed E-state index contributed by atoms with van der Waals surface area (Å²) in [7, 11) is 5.01. The van der Waals surface area contributed by atoms with Crippen LogP contribution in [-0.4, -0.2) is 39.6 Å². The lowest BCUT2D eigenvalue weighted by molar-refractivity contribution is 0.277. The Morgan fingerprint density at radius 2 is 1.03 bits per heavy atom. The predicted molar refractivity (Wildman–Crippen MR) is 119 cm³/mol. The van der Waals surface area contributed by atoms with Gasteiger partial charge < -0.3 is 19.3 Å². The minimum atomic E-state index is -0.832. The zero-order valence-corrected chi connectivity index (χ0v) is 17.7. The molecule has 0 amide bonds. The average Bonchev–Trinajstić information content (AvgIpc) is 2.82. The van der Waals surface area contributed by atoms with Crippen LogP contribution in [-0.2, 0) is 5.54 Å². The summed E-state index contributed by atoms with van der Waals surface area (Å²) in [5.41, 5.74) is 1.96. The zero-order valence-electron chi connectivity index (χ0n) is 17.7. The number of aliphatic hydroxyl groups excluding tert-OH is 1. The van der Waals surface area contributed by atoms with Crippen molar-refractivity contribution >= 4 is 0 Å². The van der Waals surface area contributed by atoms with E-state index in [1.54, 1.807) is 21.3 Å². The van der Waals surface area contributed by atoms with Gasteiger partial charge in [-0.25, -0.2) is 0 Å². The van der Waals surface area contributed by atoms with Gasteiger partial charge in [0.15, 0.2) is 0 Å². The molecule has 0 saturated carbocycles. The Bertz CT molecular complexity index is 841. The van der Waals surface area contributed by atoms with E-state index in [1.807, 2.05) is 72.8 Å². The molecule has 5 heteroatoms. The molecule has 0 unspecified atom stereocenters. The molecule has 0 spiro atoms. The number of ether oxygens (including phenoxy) is 3. The minimum Gasteiger partial charge on any atom is -0.496 e. The molecule has 5 nitrogen and oxygen atoms in total. The van der Waals surface area contributed by atoms with Crippen molar-refractivity contribution < 1.29 is 19.3 Å². The molecule has 0 atom stereocenters. The normalized spacial score (nSPS) is 11.2. The molecule has 3 aromatic rings. The molecule has 0 radical (unpaired) electrons. The molecule has 0 aliphatic rings. The van der Waals surface area contributed by atoms with Gasteiger partial charge in [0.25, 0.3) is 0 Å². The van der Waals surface area contributed by atoms with Crippen molar-refractivity contribution in [3.8, 4) is 17.2 Å². The zero-order chi connectivity index (χ0) is 21.4. The monoisotopic (exact) mass is 407 g/mol. The van der Waals surface area contributed by atoms with E-state index >= 15 is 0 Å². The Balaban J connectivity index is 2.43. The average molecular weight is 408 g/mol. The third kappa shape index (κ3) is 3.99. The van der Waals surface area contributed by atoms with Gasteiger partial charge in [0, 0.05) is 23.3 Å². The first-order chi connectivity index (χ1) is 14.7. The van der Waals surface area contributed by atoms with Gasteiger partial charge in [0.2, 0.25) is 0 Å². The van der Waals surface area contributed by atoms with E-state index in [-0.39, 0.29) is 6.61 Å². The second-order valence-electron chi connectivity index (χ2n) is 6.85. The maximum Gasteiger partial charge on any atom is 0.124 e. The molecule has 0 fully saturated rings. The first-order valence-corrected chi connectivity index (χ1v) is 9.99.